The van der Waals surface area contributed by atoms with Crippen LogP contribution in [0.3, 0.4) is 0 Å². The Labute approximate surface area is 98.4 Å². The number of alkyl halides is 2. The molecule has 2 atom stereocenters. The third-order valence-electron chi connectivity index (χ3n) is 3.25. The van der Waals surface area contributed by atoms with E-state index in [9.17, 15) is 18.4 Å². The van der Waals surface area contributed by atoms with E-state index in [1.165, 1.54) is 6.92 Å². The van der Waals surface area contributed by atoms with Gasteiger partial charge in [0.15, 0.2) is 0 Å². The molecular formula is C11H17F2NO3. The number of carboxylic acid groups (broad SMARTS) is 1. The van der Waals surface area contributed by atoms with Gasteiger partial charge in [0.1, 0.15) is 5.41 Å². The van der Waals surface area contributed by atoms with Crippen LogP contribution in [0.1, 0.15) is 33.1 Å². The van der Waals surface area contributed by atoms with E-state index in [4.69, 9.17) is 5.11 Å². The number of halogens is 2. The Morgan fingerprint density at radius 1 is 1.47 bits per heavy atom. The molecule has 1 saturated carbocycles. The number of hydrogen-bond acceptors (Lipinski definition) is 2. The molecule has 0 heterocycles. The van der Waals surface area contributed by atoms with E-state index in [2.05, 4.69) is 5.32 Å². The largest absolute Gasteiger partial charge is 0.481 e. The van der Waals surface area contributed by atoms with Crippen molar-refractivity contribution >= 4 is 11.9 Å². The maximum atomic E-state index is 12.9. The Kier molecular flexibility index (Phi) is 3.74. The van der Waals surface area contributed by atoms with Gasteiger partial charge in [0.05, 0.1) is 5.92 Å². The summed E-state index contributed by atoms with van der Waals surface area (Å²) in [6.07, 6.45) is 0.625. The average Bonchev–Trinajstić information content (AvgIpc) is 2.73. The topological polar surface area (TPSA) is 66.4 Å². The smallest absolute Gasteiger partial charge is 0.308 e. The molecule has 1 aliphatic rings. The normalized spacial score (nSPS) is 27.3. The van der Waals surface area contributed by atoms with Gasteiger partial charge in [-0.2, -0.15) is 0 Å². The van der Waals surface area contributed by atoms with E-state index in [-0.39, 0.29) is 6.54 Å². The lowest BCUT2D eigenvalue weighted by atomic mass is 10.0. The molecule has 0 aromatic carbocycles. The third-order valence-corrected chi connectivity index (χ3v) is 3.25. The highest BCUT2D eigenvalue weighted by Gasteiger charge is 2.72. The zero-order chi connectivity index (χ0) is 13.3. The predicted octanol–water partition coefficient (Wildman–Crippen LogP) is 1.65. The van der Waals surface area contributed by atoms with Crippen molar-refractivity contribution < 1.29 is 23.5 Å². The summed E-state index contributed by atoms with van der Waals surface area (Å²) in [4.78, 5) is 22.3. The van der Waals surface area contributed by atoms with Crippen LogP contribution >= 0.6 is 0 Å². The van der Waals surface area contributed by atoms with Crippen LogP contribution < -0.4 is 5.32 Å². The quantitative estimate of drug-likeness (QED) is 0.752. The summed E-state index contributed by atoms with van der Waals surface area (Å²) in [6, 6.07) is 0. The first kappa shape index (κ1) is 13.9. The first-order valence-electron chi connectivity index (χ1n) is 5.63. The van der Waals surface area contributed by atoms with Crippen molar-refractivity contribution in [1.29, 1.82) is 0 Å². The first-order chi connectivity index (χ1) is 7.74. The molecule has 6 heteroatoms. The summed E-state index contributed by atoms with van der Waals surface area (Å²) >= 11 is 0. The summed E-state index contributed by atoms with van der Waals surface area (Å²) in [7, 11) is 0. The Balaban J connectivity index is 2.45. The van der Waals surface area contributed by atoms with Crippen LogP contribution in [-0.2, 0) is 9.59 Å². The molecular weight excluding hydrogens is 232 g/mol. The number of carboxylic acids is 1. The second-order valence-electron chi connectivity index (χ2n) is 4.75. The Hall–Kier alpha value is -1.20. The van der Waals surface area contributed by atoms with Crippen molar-refractivity contribution in [3.63, 3.8) is 0 Å². The maximum Gasteiger partial charge on any atom is 0.308 e. The predicted molar refractivity (Wildman–Crippen MR) is 56.7 cm³/mol. The second-order valence-corrected chi connectivity index (χ2v) is 4.75. The van der Waals surface area contributed by atoms with Crippen molar-refractivity contribution in [3.05, 3.63) is 0 Å². The van der Waals surface area contributed by atoms with E-state index in [0.29, 0.717) is 12.8 Å². The summed E-state index contributed by atoms with van der Waals surface area (Å²) in [6.45, 7) is 2.93. The van der Waals surface area contributed by atoms with Crippen molar-refractivity contribution in [2.75, 3.05) is 6.54 Å². The number of carbonyl (C=O) groups excluding carboxylic acids is 1. The van der Waals surface area contributed by atoms with Gasteiger partial charge in [0, 0.05) is 13.0 Å². The maximum absolute atomic E-state index is 12.9. The highest BCUT2D eigenvalue weighted by molar-refractivity contribution is 5.87. The minimum Gasteiger partial charge on any atom is -0.481 e. The molecule has 0 radical (unpaired) electrons. The van der Waals surface area contributed by atoms with Crippen LogP contribution in [0.4, 0.5) is 8.78 Å². The van der Waals surface area contributed by atoms with Crippen LogP contribution in [0.5, 0.6) is 0 Å². The van der Waals surface area contributed by atoms with Gasteiger partial charge in [-0.1, -0.05) is 13.3 Å². The molecule has 0 saturated heterocycles. The van der Waals surface area contributed by atoms with E-state index in [0.717, 1.165) is 0 Å². The number of rotatable bonds is 6. The van der Waals surface area contributed by atoms with Crippen LogP contribution in [0.15, 0.2) is 0 Å². The van der Waals surface area contributed by atoms with Gasteiger partial charge in [-0.05, 0) is 13.3 Å². The summed E-state index contributed by atoms with van der Waals surface area (Å²) < 4.78 is 25.8. The molecule has 1 amide bonds. The number of aliphatic carboxylic acids is 1. The molecule has 0 unspecified atom stereocenters. The number of hydrogen-bond donors (Lipinski definition) is 2. The Morgan fingerprint density at radius 3 is 2.35 bits per heavy atom. The van der Waals surface area contributed by atoms with E-state index in [1.807, 2.05) is 6.92 Å². The zero-order valence-corrected chi connectivity index (χ0v) is 9.93. The molecule has 4 nitrogen and oxygen atoms in total. The minimum absolute atomic E-state index is 0.0896. The van der Waals surface area contributed by atoms with Gasteiger partial charge in [0.2, 0.25) is 5.91 Å². The molecule has 0 aliphatic heterocycles. The number of carbonyl (C=O) groups is 2. The summed E-state index contributed by atoms with van der Waals surface area (Å²) in [5.41, 5.74) is -1.65. The Morgan fingerprint density at radius 2 is 2.00 bits per heavy atom. The molecule has 0 aromatic heterocycles. The molecule has 1 aliphatic carbocycles. The first-order valence-corrected chi connectivity index (χ1v) is 5.63. The molecule has 1 fully saturated rings. The molecule has 0 aromatic rings. The fraction of sp³-hybridized carbons (Fsp3) is 0.818. The fourth-order valence-electron chi connectivity index (χ4n) is 1.72. The number of nitrogens with one attached hydrogen (secondary N) is 1. The molecule has 2 N–H and O–H groups in total. The van der Waals surface area contributed by atoms with Crippen molar-refractivity contribution in [2.45, 2.75) is 39.0 Å². The van der Waals surface area contributed by atoms with E-state index in [1.54, 1.807) is 0 Å². The van der Waals surface area contributed by atoms with Crippen LogP contribution in [-0.4, -0.2) is 29.5 Å². The van der Waals surface area contributed by atoms with Gasteiger partial charge in [-0.25, -0.2) is 8.78 Å². The molecule has 98 valence electrons. The van der Waals surface area contributed by atoms with Crippen LogP contribution in [0, 0.1) is 11.3 Å². The lowest BCUT2D eigenvalue weighted by Gasteiger charge is -2.15. The van der Waals surface area contributed by atoms with Gasteiger partial charge >= 0.3 is 5.97 Å². The van der Waals surface area contributed by atoms with Gasteiger partial charge in [0.25, 0.3) is 5.92 Å². The van der Waals surface area contributed by atoms with Crippen molar-refractivity contribution in [1.82, 2.24) is 5.32 Å². The number of amides is 1. The van der Waals surface area contributed by atoms with Crippen LogP contribution in [0.25, 0.3) is 0 Å². The average molecular weight is 249 g/mol. The van der Waals surface area contributed by atoms with Gasteiger partial charge in [-0.3, -0.25) is 9.59 Å². The van der Waals surface area contributed by atoms with E-state index >= 15 is 0 Å². The minimum atomic E-state index is -2.96. The lowest BCUT2D eigenvalue weighted by molar-refractivity contribution is -0.142. The fourth-order valence-corrected chi connectivity index (χ4v) is 1.72. The van der Waals surface area contributed by atoms with Crippen LogP contribution in [0.2, 0.25) is 0 Å². The monoisotopic (exact) mass is 249 g/mol. The van der Waals surface area contributed by atoms with Crippen molar-refractivity contribution in [3.8, 4) is 0 Å². The Bertz CT molecular complexity index is 333. The summed E-state index contributed by atoms with van der Waals surface area (Å²) in [5.74, 6) is -5.44. The lowest BCUT2D eigenvalue weighted by Crippen LogP contribution is -2.38. The molecule has 0 spiro atoms. The van der Waals surface area contributed by atoms with Crippen molar-refractivity contribution in [2.24, 2.45) is 11.3 Å². The summed E-state index contributed by atoms with van der Waals surface area (Å²) in [5, 5.41) is 11.1. The molecule has 1 rings (SSSR count). The molecule has 17 heavy (non-hydrogen) atoms. The second kappa shape index (κ2) is 4.58. The highest BCUT2D eigenvalue weighted by Crippen LogP contribution is 2.60. The zero-order valence-electron chi connectivity index (χ0n) is 9.93. The SMILES string of the molecule is CCC[C@@H](CNC(=O)[C@]1(C)CC1(F)F)C(=O)O. The standard InChI is InChI=1S/C11H17F2NO3/c1-3-4-7(8(15)16)5-14-9(17)10(2)6-11(10,12)13/h7H,3-6H2,1-2H3,(H,14,17)(H,15,16)/t7-,10-/m0/s1. The van der Waals surface area contributed by atoms with E-state index < -0.39 is 35.6 Å². The molecule has 0 bridgehead atoms. The third kappa shape index (κ3) is 2.73. The van der Waals surface area contributed by atoms with Gasteiger partial charge < -0.3 is 10.4 Å². The highest BCUT2D eigenvalue weighted by atomic mass is 19.3. The van der Waals surface area contributed by atoms with Gasteiger partial charge in [-0.15, -0.1) is 0 Å².